The van der Waals surface area contributed by atoms with E-state index in [2.05, 4.69) is 23.8 Å². The lowest BCUT2D eigenvalue weighted by Crippen LogP contribution is -2.22. The Morgan fingerprint density at radius 1 is 0.931 bits per heavy atom. The van der Waals surface area contributed by atoms with Gasteiger partial charge in [-0.2, -0.15) is 0 Å². The summed E-state index contributed by atoms with van der Waals surface area (Å²) >= 11 is 0. The predicted molar refractivity (Wildman–Crippen MR) is 112 cm³/mol. The molecule has 158 valence electrons. The summed E-state index contributed by atoms with van der Waals surface area (Å²) in [5.74, 6) is -0.360. The molecular weight excluding hydrogens is 372 g/mol. The molecule has 0 unspecified atom stereocenters. The zero-order valence-corrected chi connectivity index (χ0v) is 17.0. The monoisotopic (exact) mass is 402 g/mol. The maximum atomic E-state index is 12.4. The Labute approximate surface area is 172 Å². The number of ether oxygens (including phenoxy) is 2. The molecule has 0 aliphatic heterocycles. The van der Waals surface area contributed by atoms with E-state index >= 15 is 0 Å². The van der Waals surface area contributed by atoms with E-state index in [1.807, 2.05) is 13.0 Å². The lowest BCUT2D eigenvalue weighted by atomic mass is 10.1. The van der Waals surface area contributed by atoms with Gasteiger partial charge in [-0.25, -0.2) is 4.79 Å². The van der Waals surface area contributed by atoms with Crippen molar-refractivity contribution in [3.05, 3.63) is 54.6 Å². The summed E-state index contributed by atoms with van der Waals surface area (Å²) in [7, 11) is 0. The number of carbonyl (C=O) groups is 3. The molecule has 0 saturated carbocycles. The summed E-state index contributed by atoms with van der Waals surface area (Å²) in [6, 6.07) is 5.33. The van der Waals surface area contributed by atoms with Crippen molar-refractivity contribution >= 4 is 17.8 Å². The van der Waals surface area contributed by atoms with Crippen molar-refractivity contribution in [2.75, 3.05) is 26.3 Å². The van der Waals surface area contributed by atoms with Crippen molar-refractivity contribution in [2.24, 2.45) is 0 Å². The van der Waals surface area contributed by atoms with Crippen LogP contribution in [0.25, 0.3) is 0 Å². The van der Waals surface area contributed by atoms with Crippen molar-refractivity contribution in [1.82, 2.24) is 10.6 Å². The van der Waals surface area contributed by atoms with Crippen LogP contribution in [0.4, 0.5) is 0 Å². The highest BCUT2D eigenvalue weighted by atomic mass is 16.5. The first-order chi connectivity index (χ1) is 14.0. The van der Waals surface area contributed by atoms with Crippen molar-refractivity contribution in [3.63, 3.8) is 0 Å². The van der Waals surface area contributed by atoms with Crippen LogP contribution in [0, 0.1) is 6.92 Å². The van der Waals surface area contributed by atoms with Crippen LogP contribution in [0.5, 0.6) is 5.75 Å². The summed E-state index contributed by atoms with van der Waals surface area (Å²) in [6.45, 7) is 10.4. The Balaban J connectivity index is 2.39. The number of nitrogens with one attached hydrogen (secondary N) is 2. The smallest absolute Gasteiger partial charge is 0.341 e. The lowest BCUT2D eigenvalue weighted by molar-refractivity contribution is -0.117. The third kappa shape index (κ3) is 10.1. The molecule has 0 aromatic heterocycles. The maximum absolute atomic E-state index is 12.4. The predicted octanol–water partition coefficient (Wildman–Crippen LogP) is 2.70. The average molecular weight is 402 g/mol. The number of unbranched alkanes of at least 4 members (excludes halogenated alkanes) is 2. The summed E-state index contributed by atoms with van der Waals surface area (Å²) in [4.78, 5) is 34.5. The van der Waals surface area contributed by atoms with Gasteiger partial charge in [-0.05, 0) is 62.5 Å². The minimum atomic E-state index is -0.437. The number of benzene rings is 1. The molecule has 29 heavy (non-hydrogen) atoms. The second kappa shape index (κ2) is 14.0. The highest BCUT2D eigenvalue weighted by Crippen LogP contribution is 2.22. The van der Waals surface area contributed by atoms with E-state index in [-0.39, 0.29) is 18.4 Å². The Morgan fingerprint density at radius 3 is 2.10 bits per heavy atom. The van der Waals surface area contributed by atoms with Gasteiger partial charge in [-0.15, -0.1) is 0 Å². The number of hydrogen-bond donors (Lipinski definition) is 2. The van der Waals surface area contributed by atoms with E-state index in [1.165, 1.54) is 12.2 Å². The van der Waals surface area contributed by atoms with E-state index in [0.29, 0.717) is 43.9 Å². The molecule has 0 aliphatic carbocycles. The Morgan fingerprint density at radius 2 is 1.52 bits per heavy atom. The fourth-order valence-electron chi connectivity index (χ4n) is 2.36. The third-order valence-electron chi connectivity index (χ3n) is 3.96. The van der Waals surface area contributed by atoms with Crippen LogP contribution in [0.1, 0.15) is 41.6 Å². The maximum Gasteiger partial charge on any atom is 0.341 e. The number of esters is 1. The van der Waals surface area contributed by atoms with Crippen LogP contribution in [-0.4, -0.2) is 44.1 Å². The van der Waals surface area contributed by atoms with Gasteiger partial charge in [0.15, 0.2) is 0 Å². The van der Waals surface area contributed by atoms with Crippen LogP contribution >= 0.6 is 0 Å². The second-order valence-corrected chi connectivity index (χ2v) is 6.39. The number of hydrogen-bond acceptors (Lipinski definition) is 5. The number of rotatable bonds is 14. The van der Waals surface area contributed by atoms with Gasteiger partial charge in [0.25, 0.3) is 0 Å². The molecule has 0 radical (unpaired) electrons. The number of amides is 2. The third-order valence-corrected chi connectivity index (χ3v) is 3.96. The van der Waals surface area contributed by atoms with Crippen molar-refractivity contribution < 1.29 is 23.9 Å². The summed E-state index contributed by atoms with van der Waals surface area (Å²) in [6.07, 6.45) is 5.28. The fourth-order valence-corrected chi connectivity index (χ4v) is 2.36. The van der Waals surface area contributed by atoms with Crippen LogP contribution in [0.3, 0.4) is 0 Å². The molecule has 7 nitrogen and oxygen atoms in total. The average Bonchev–Trinajstić information content (AvgIpc) is 2.72. The topological polar surface area (TPSA) is 93.7 Å². The zero-order chi connectivity index (χ0) is 21.5. The minimum Gasteiger partial charge on any atom is -0.493 e. The van der Waals surface area contributed by atoms with Crippen molar-refractivity contribution in [1.29, 1.82) is 0 Å². The number of aryl methyl sites for hydroxylation is 1. The van der Waals surface area contributed by atoms with Gasteiger partial charge in [0, 0.05) is 13.1 Å². The molecular formula is C22H30N2O5. The SMILES string of the molecule is C=CC(=O)NCCCCOC(=O)c1ccc(C)cc1OCCCCNC(=O)C=C. The summed E-state index contributed by atoms with van der Waals surface area (Å²) in [5.41, 5.74) is 1.36. The highest BCUT2D eigenvalue weighted by Gasteiger charge is 2.14. The molecule has 0 saturated heterocycles. The second-order valence-electron chi connectivity index (χ2n) is 6.39. The molecule has 1 rings (SSSR count). The lowest BCUT2D eigenvalue weighted by Gasteiger charge is -2.12. The molecule has 1 aromatic carbocycles. The Hall–Kier alpha value is -3.09. The van der Waals surface area contributed by atoms with Gasteiger partial charge in [0.2, 0.25) is 11.8 Å². The molecule has 0 spiro atoms. The van der Waals surface area contributed by atoms with Crippen LogP contribution in [0.2, 0.25) is 0 Å². The van der Waals surface area contributed by atoms with E-state index < -0.39 is 5.97 Å². The van der Waals surface area contributed by atoms with E-state index in [1.54, 1.807) is 12.1 Å². The van der Waals surface area contributed by atoms with Gasteiger partial charge in [-0.1, -0.05) is 19.2 Å². The van der Waals surface area contributed by atoms with Crippen LogP contribution < -0.4 is 15.4 Å². The Bertz CT molecular complexity index is 715. The van der Waals surface area contributed by atoms with Crippen molar-refractivity contribution in [3.8, 4) is 5.75 Å². The normalized spacial score (nSPS) is 9.97. The highest BCUT2D eigenvalue weighted by molar-refractivity contribution is 5.92. The molecule has 0 aliphatic rings. The summed E-state index contributed by atoms with van der Waals surface area (Å²) < 4.78 is 11.1. The van der Waals surface area contributed by atoms with Gasteiger partial charge in [0.1, 0.15) is 11.3 Å². The molecule has 0 heterocycles. The zero-order valence-electron chi connectivity index (χ0n) is 17.0. The van der Waals surface area contributed by atoms with Crippen LogP contribution in [-0.2, 0) is 14.3 Å². The van der Waals surface area contributed by atoms with Gasteiger partial charge < -0.3 is 20.1 Å². The van der Waals surface area contributed by atoms with Crippen molar-refractivity contribution in [2.45, 2.75) is 32.6 Å². The van der Waals surface area contributed by atoms with Gasteiger partial charge >= 0.3 is 5.97 Å². The first kappa shape index (κ1) is 23.9. The molecule has 0 atom stereocenters. The molecule has 2 amide bonds. The molecule has 0 bridgehead atoms. The largest absolute Gasteiger partial charge is 0.493 e. The van der Waals surface area contributed by atoms with Gasteiger partial charge in [0.05, 0.1) is 13.2 Å². The number of carbonyl (C=O) groups excluding carboxylic acids is 3. The molecule has 7 heteroatoms. The van der Waals surface area contributed by atoms with E-state index in [0.717, 1.165) is 18.4 Å². The first-order valence-electron chi connectivity index (χ1n) is 9.69. The molecule has 2 N–H and O–H groups in total. The first-order valence-corrected chi connectivity index (χ1v) is 9.69. The quantitative estimate of drug-likeness (QED) is 0.283. The van der Waals surface area contributed by atoms with E-state index in [9.17, 15) is 14.4 Å². The fraction of sp³-hybridized carbons (Fsp3) is 0.409. The standard InChI is InChI=1S/C22H30N2O5/c1-4-20(25)23-12-6-8-14-28-19-16-17(3)10-11-18(19)22(27)29-15-9-7-13-24-21(26)5-2/h4-5,10-11,16H,1-2,6-9,12-15H2,3H3,(H,23,25)(H,24,26). The van der Waals surface area contributed by atoms with E-state index in [4.69, 9.17) is 9.47 Å². The molecule has 1 aromatic rings. The van der Waals surface area contributed by atoms with Gasteiger partial charge in [-0.3, -0.25) is 9.59 Å². The molecule has 0 fully saturated rings. The Kier molecular flexibility index (Phi) is 11.5. The summed E-state index contributed by atoms with van der Waals surface area (Å²) in [5, 5.41) is 5.37. The van der Waals surface area contributed by atoms with Crippen LogP contribution in [0.15, 0.2) is 43.5 Å². The minimum absolute atomic E-state index is 0.197.